The van der Waals surface area contributed by atoms with E-state index < -0.39 is 9.84 Å². The molecule has 0 aliphatic heterocycles. The number of rotatable bonds is 8. The summed E-state index contributed by atoms with van der Waals surface area (Å²) < 4.78 is 24.5. The van der Waals surface area contributed by atoms with Gasteiger partial charge in [0.1, 0.15) is 0 Å². The Morgan fingerprint density at radius 3 is 2.33 bits per heavy atom. The highest BCUT2D eigenvalue weighted by Gasteiger charge is 2.16. The highest BCUT2D eigenvalue weighted by molar-refractivity contribution is 7.91. The van der Waals surface area contributed by atoms with Crippen LogP contribution in [0.3, 0.4) is 0 Å². The number of benzene rings is 1. The molecule has 0 fully saturated rings. The van der Waals surface area contributed by atoms with Gasteiger partial charge in [-0.2, -0.15) is 0 Å². The molecule has 0 saturated heterocycles. The molecule has 0 aliphatic rings. The van der Waals surface area contributed by atoms with E-state index in [-0.39, 0.29) is 16.5 Å². The van der Waals surface area contributed by atoms with Gasteiger partial charge < -0.3 is 15.8 Å². The number of oxime groups is 1. The number of nitrogens with two attached hydrogens (primary N) is 1. The standard InChI is InChI=1S/C14H23N3O3S/c1-3-9-17(4-2)10-11-21(19,20)13-7-5-12(6-8-13)14(15)16-18/h5-8,18H,3-4,9-11H2,1-2H3,(H2,15,16). The van der Waals surface area contributed by atoms with E-state index in [1.807, 2.05) is 6.92 Å². The van der Waals surface area contributed by atoms with Gasteiger partial charge in [-0.3, -0.25) is 0 Å². The van der Waals surface area contributed by atoms with Gasteiger partial charge in [0, 0.05) is 12.1 Å². The van der Waals surface area contributed by atoms with Crippen LogP contribution in [0.4, 0.5) is 0 Å². The predicted molar refractivity (Wildman–Crippen MR) is 83.4 cm³/mol. The molecule has 1 aromatic carbocycles. The van der Waals surface area contributed by atoms with Crippen molar-refractivity contribution in [1.29, 1.82) is 0 Å². The minimum Gasteiger partial charge on any atom is -0.409 e. The minimum absolute atomic E-state index is 0.0425. The predicted octanol–water partition coefficient (Wildman–Crippen LogP) is 1.29. The Balaban J connectivity index is 2.79. The monoisotopic (exact) mass is 313 g/mol. The van der Waals surface area contributed by atoms with Crippen LogP contribution in [0.5, 0.6) is 0 Å². The topological polar surface area (TPSA) is 96.0 Å². The fourth-order valence-corrected chi connectivity index (χ4v) is 3.29. The lowest BCUT2D eigenvalue weighted by molar-refractivity contribution is 0.305. The molecule has 21 heavy (non-hydrogen) atoms. The number of sulfone groups is 1. The maximum atomic E-state index is 12.3. The van der Waals surface area contributed by atoms with Gasteiger partial charge in [0.05, 0.1) is 10.6 Å². The molecule has 0 saturated carbocycles. The van der Waals surface area contributed by atoms with Crippen LogP contribution in [-0.2, 0) is 9.84 Å². The highest BCUT2D eigenvalue weighted by Crippen LogP contribution is 2.13. The third-order valence-corrected chi connectivity index (χ3v) is 4.99. The van der Waals surface area contributed by atoms with Crippen LogP contribution in [0.15, 0.2) is 34.3 Å². The van der Waals surface area contributed by atoms with Crippen molar-refractivity contribution in [1.82, 2.24) is 4.90 Å². The Morgan fingerprint density at radius 2 is 1.86 bits per heavy atom. The quantitative estimate of drug-likeness (QED) is 0.326. The van der Waals surface area contributed by atoms with Crippen LogP contribution in [0.1, 0.15) is 25.8 Å². The van der Waals surface area contributed by atoms with Crippen molar-refractivity contribution in [2.75, 3.05) is 25.4 Å². The van der Waals surface area contributed by atoms with E-state index >= 15 is 0 Å². The Kier molecular flexibility index (Phi) is 6.64. The summed E-state index contributed by atoms with van der Waals surface area (Å²) in [5, 5.41) is 11.5. The lowest BCUT2D eigenvalue weighted by atomic mass is 10.2. The van der Waals surface area contributed by atoms with E-state index in [4.69, 9.17) is 10.9 Å². The molecule has 0 atom stereocenters. The lowest BCUT2D eigenvalue weighted by Crippen LogP contribution is -2.30. The molecule has 0 unspecified atom stereocenters. The first kappa shape index (κ1) is 17.5. The van der Waals surface area contributed by atoms with Crippen molar-refractivity contribution in [3.63, 3.8) is 0 Å². The summed E-state index contributed by atoms with van der Waals surface area (Å²) >= 11 is 0. The minimum atomic E-state index is -3.32. The third-order valence-electron chi connectivity index (χ3n) is 3.28. The molecular formula is C14H23N3O3S. The van der Waals surface area contributed by atoms with Gasteiger partial charge in [0.15, 0.2) is 15.7 Å². The van der Waals surface area contributed by atoms with Crippen LogP contribution >= 0.6 is 0 Å². The zero-order valence-corrected chi connectivity index (χ0v) is 13.3. The Labute approximate surface area is 126 Å². The second-order valence-corrected chi connectivity index (χ2v) is 6.87. The molecule has 0 bridgehead atoms. The van der Waals surface area contributed by atoms with Gasteiger partial charge in [0.25, 0.3) is 0 Å². The number of hydrogen-bond acceptors (Lipinski definition) is 5. The third kappa shape index (κ3) is 5.02. The largest absolute Gasteiger partial charge is 0.409 e. The summed E-state index contributed by atoms with van der Waals surface area (Å²) in [5.41, 5.74) is 5.93. The van der Waals surface area contributed by atoms with Gasteiger partial charge in [-0.1, -0.05) is 19.0 Å². The molecular weight excluding hydrogens is 290 g/mol. The maximum absolute atomic E-state index is 12.3. The summed E-state index contributed by atoms with van der Waals surface area (Å²) in [6.07, 6.45) is 1.00. The molecule has 1 rings (SSSR count). The summed E-state index contributed by atoms with van der Waals surface area (Å²) in [4.78, 5) is 2.37. The summed E-state index contributed by atoms with van der Waals surface area (Å²) in [6, 6.07) is 6.04. The van der Waals surface area contributed by atoms with E-state index in [1.54, 1.807) is 0 Å². The average Bonchev–Trinajstić information content (AvgIpc) is 2.50. The second-order valence-electron chi connectivity index (χ2n) is 4.76. The molecule has 0 radical (unpaired) electrons. The first-order valence-corrected chi connectivity index (χ1v) is 8.62. The molecule has 0 heterocycles. The first-order chi connectivity index (χ1) is 9.94. The summed E-state index contributed by atoms with van der Waals surface area (Å²) in [5.74, 6) is 0.0445. The van der Waals surface area contributed by atoms with Gasteiger partial charge in [-0.15, -0.1) is 0 Å². The molecule has 0 spiro atoms. The fourth-order valence-electron chi connectivity index (χ4n) is 2.00. The van der Waals surface area contributed by atoms with E-state index in [0.717, 1.165) is 19.5 Å². The van der Waals surface area contributed by atoms with Gasteiger partial charge >= 0.3 is 0 Å². The van der Waals surface area contributed by atoms with Crippen molar-refractivity contribution in [2.45, 2.75) is 25.2 Å². The molecule has 3 N–H and O–H groups in total. The molecule has 0 aromatic heterocycles. The molecule has 6 nitrogen and oxygen atoms in total. The van der Waals surface area contributed by atoms with Crippen LogP contribution in [0.25, 0.3) is 0 Å². The van der Waals surface area contributed by atoms with E-state index in [2.05, 4.69) is 17.0 Å². The van der Waals surface area contributed by atoms with Crippen LogP contribution in [0.2, 0.25) is 0 Å². The lowest BCUT2D eigenvalue weighted by Gasteiger charge is -2.19. The van der Waals surface area contributed by atoms with Gasteiger partial charge in [0.2, 0.25) is 0 Å². The number of nitrogens with zero attached hydrogens (tertiary/aromatic N) is 2. The van der Waals surface area contributed by atoms with Gasteiger partial charge in [-0.05, 0) is 43.8 Å². The Bertz CT molecular complexity index is 568. The van der Waals surface area contributed by atoms with E-state index in [0.29, 0.717) is 12.1 Å². The number of hydrogen-bond donors (Lipinski definition) is 2. The summed E-state index contributed by atoms with van der Waals surface area (Å²) in [7, 11) is -3.32. The van der Waals surface area contributed by atoms with Crippen molar-refractivity contribution >= 4 is 15.7 Å². The van der Waals surface area contributed by atoms with E-state index in [1.165, 1.54) is 24.3 Å². The van der Waals surface area contributed by atoms with Crippen molar-refractivity contribution in [3.05, 3.63) is 29.8 Å². The second kappa shape index (κ2) is 7.99. The first-order valence-electron chi connectivity index (χ1n) is 6.97. The average molecular weight is 313 g/mol. The zero-order valence-electron chi connectivity index (χ0n) is 12.5. The number of amidine groups is 1. The molecule has 118 valence electrons. The van der Waals surface area contributed by atoms with E-state index in [9.17, 15) is 8.42 Å². The summed E-state index contributed by atoms with van der Waals surface area (Å²) in [6.45, 7) is 6.35. The SMILES string of the molecule is CCCN(CC)CCS(=O)(=O)c1ccc(/C(N)=N/O)cc1. The van der Waals surface area contributed by atoms with Crippen molar-refractivity contribution in [2.24, 2.45) is 10.9 Å². The molecule has 7 heteroatoms. The van der Waals surface area contributed by atoms with Crippen LogP contribution in [-0.4, -0.2) is 49.7 Å². The van der Waals surface area contributed by atoms with Crippen molar-refractivity contribution < 1.29 is 13.6 Å². The fraction of sp³-hybridized carbons (Fsp3) is 0.500. The smallest absolute Gasteiger partial charge is 0.179 e. The van der Waals surface area contributed by atoms with Crippen LogP contribution < -0.4 is 5.73 Å². The highest BCUT2D eigenvalue weighted by atomic mass is 32.2. The Morgan fingerprint density at radius 1 is 1.24 bits per heavy atom. The normalized spacial score (nSPS) is 12.8. The molecule has 0 amide bonds. The van der Waals surface area contributed by atoms with Crippen LogP contribution in [0, 0.1) is 0 Å². The van der Waals surface area contributed by atoms with Crippen molar-refractivity contribution in [3.8, 4) is 0 Å². The maximum Gasteiger partial charge on any atom is 0.179 e. The Hall–Kier alpha value is -1.60. The molecule has 0 aliphatic carbocycles. The zero-order chi connectivity index (χ0) is 15.9. The van der Waals surface area contributed by atoms with Gasteiger partial charge in [-0.25, -0.2) is 8.42 Å². The molecule has 1 aromatic rings.